The Hall–Kier alpha value is -3.14. The number of thioether (sulfide) groups is 1. The van der Waals surface area contributed by atoms with E-state index in [1.807, 2.05) is 0 Å². The van der Waals surface area contributed by atoms with E-state index >= 15 is 0 Å². The van der Waals surface area contributed by atoms with E-state index in [9.17, 15) is 19.7 Å². The standard InChI is InChI=1S/C20H23N3O6S/c1-5-28-19(24)14-11(3)22-17(18(21)30-4)16(20(25)29-6-2)15(14)12-8-7-9-13(10-12)23(26)27/h7-10,15,21-22H,5-6H2,1-4H3. The summed E-state index contributed by atoms with van der Waals surface area (Å²) in [6, 6.07) is 5.71. The van der Waals surface area contributed by atoms with Crippen LogP contribution in [0.15, 0.2) is 46.8 Å². The molecule has 0 aliphatic carbocycles. The molecule has 1 atom stereocenters. The first kappa shape index (κ1) is 23.1. The van der Waals surface area contributed by atoms with Crippen LogP contribution in [0.2, 0.25) is 0 Å². The highest BCUT2D eigenvalue weighted by Gasteiger charge is 2.40. The Morgan fingerprint density at radius 3 is 2.33 bits per heavy atom. The molecular weight excluding hydrogens is 410 g/mol. The summed E-state index contributed by atoms with van der Waals surface area (Å²) in [5.41, 5.74) is 0.928. The van der Waals surface area contributed by atoms with Crippen LogP contribution in [0.3, 0.4) is 0 Å². The number of hydrogen-bond donors (Lipinski definition) is 2. The summed E-state index contributed by atoms with van der Waals surface area (Å²) in [4.78, 5) is 36.5. The van der Waals surface area contributed by atoms with E-state index in [2.05, 4.69) is 5.32 Å². The minimum Gasteiger partial charge on any atom is -0.463 e. The number of carbonyl (C=O) groups is 2. The van der Waals surface area contributed by atoms with Gasteiger partial charge in [-0.15, -0.1) is 11.8 Å². The van der Waals surface area contributed by atoms with Crippen molar-refractivity contribution in [2.45, 2.75) is 26.7 Å². The lowest BCUT2D eigenvalue weighted by Gasteiger charge is -2.31. The van der Waals surface area contributed by atoms with Gasteiger partial charge in [-0.1, -0.05) is 12.1 Å². The molecule has 0 saturated carbocycles. The first-order chi connectivity index (χ1) is 14.3. The van der Waals surface area contributed by atoms with Gasteiger partial charge in [0.25, 0.3) is 5.69 Å². The molecule has 2 N–H and O–H groups in total. The summed E-state index contributed by atoms with van der Waals surface area (Å²) < 4.78 is 10.4. The fourth-order valence-electron chi connectivity index (χ4n) is 3.17. The van der Waals surface area contributed by atoms with Crippen molar-refractivity contribution in [2.24, 2.45) is 0 Å². The third-order valence-electron chi connectivity index (χ3n) is 4.40. The second-order valence-electron chi connectivity index (χ2n) is 6.21. The molecule has 10 heteroatoms. The summed E-state index contributed by atoms with van der Waals surface area (Å²) in [6.07, 6.45) is 1.68. The van der Waals surface area contributed by atoms with Gasteiger partial charge >= 0.3 is 11.9 Å². The topological polar surface area (TPSA) is 132 Å². The highest BCUT2D eigenvalue weighted by Crippen LogP contribution is 2.41. The minimum atomic E-state index is -0.994. The third-order valence-corrected chi connectivity index (χ3v) is 5.01. The first-order valence-electron chi connectivity index (χ1n) is 9.20. The van der Waals surface area contributed by atoms with Crippen LogP contribution in [0, 0.1) is 15.5 Å². The quantitative estimate of drug-likeness (QED) is 0.220. The number of nitrogens with zero attached hydrogens (tertiary/aromatic N) is 1. The zero-order chi connectivity index (χ0) is 22.4. The molecule has 0 fully saturated rings. The number of dihydropyridines is 1. The molecule has 0 bridgehead atoms. The maximum absolute atomic E-state index is 12.9. The van der Waals surface area contributed by atoms with Crippen molar-refractivity contribution in [3.63, 3.8) is 0 Å². The lowest BCUT2D eigenvalue weighted by molar-refractivity contribution is -0.384. The van der Waals surface area contributed by atoms with E-state index < -0.39 is 22.8 Å². The number of non-ortho nitro benzene ring substituents is 1. The molecular formula is C20H23N3O6S. The number of nitro benzene ring substituents is 1. The normalized spacial score (nSPS) is 16.1. The second-order valence-corrected chi connectivity index (χ2v) is 7.03. The molecule has 0 aromatic heterocycles. The number of benzene rings is 1. The number of carbonyl (C=O) groups excluding carboxylic acids is 2. The zero-order valence-corrected chi connectivity index (χ0v) is 17.9. The average Bonchev–Trinajstić information content (AvgIpc) is 2.72. The molecule has 0 spiro atoms. The van der Waals surface area contributed by atoms with Gasteiger partial charge in [0.05, 0.1) is 40.9 Å². The fraction of sp³-hybridized carbons (Fsp3) is 0.350. The lowest BCUT2D eigenvalue weighted by atomic mass is 9.80. The molecule has 1 aliphatic heterocycles. The van der Waals surface area contributed by atoms with Gasteiger partial charge < -0.3 is 14.8 Å². The first-order valence-corrected chi connectivity index (χ1v) is 10.4. The van der Waals surface area contributed by atoms with E-state index in [0.29, 0.717) is 11.3 Å². The smallest absolute Gasteiger partial charge is 0.337 e. The van der Waals surface area contributed by atoms with E-state index in [4.69, 9.17) is 14.9 Å². The molecule has 1 heterocycles. The monoisotopic (exact) mass is 433 g/mol. The summed E-state index contributed by atoms with van der Waals surface area (Å²) >= 11 is 1.11. The number of nitro groups is 1. The second kappa shape index (κ2) is 10.1. The van der Waals surface area contributed by atoms with Crippen LogP contribution in [0.1, 0.15) is 32.3 Å². The summed E-state index contributed by atoms with van der Waals surface area (Å²) in [5, 5.41) is 22.6. The van der Waals surface area contributed by atoms with E-state index in [1.54, 1.807) is 33.1 Å². The molecule has 2 rings (SSSR count). The van der Waals surface area contributed by atoms with Crippen molar-refractivity contribution < 1.29 is 24.0 Å². The lowest BCUT2D eigenvalue weighted by Crippen LogP contribution is -2.35. The van der Waals surface area contributed by atoms with Gasteiger partial charge in [0.2, 0.25) is 0 Å². The molecule has 0 saturated heterocycles. The molecule has 30 heavy (non-hydrogen) atoms. The van der Waals surface area contributed by atoms with Gasteiger partial charge in [-0.05, 0) is 32.6 Å². The van der Waals surface area contributed by atoms with Crippen LogP contribution in [-0.4, -0.2) is 41.4 Å². The van der Waals surface area contributed by atoms with Crippen molar-refractivity contribution in [3.05, 3.63) is 62.5 Å². The highest BCUT2D eigenvalue weighted by atomic mass is 32.2. The molecule has 1 aromatic carbocycles. The van der Waals surface area contributed by atoms with Crippen molar-refractivity contribution >= 4 is 34.4 Å². The van der Waals surface area contributed by atoms with Crippen molar-refractivity contribution in [2.75, 3.05) is 19.5 Å². The predicted octanol–water partition coefficient (Wildman–Crippen LogP) is 3.28. The summed E-state index contributed by atoms with van der Waals surface area (Å²) in [5.74, 6) is -2.37. The predicted molar refractivity (Wildman–Crippen MR) is 113 cm³/mol. The maximum atomic E-state index is 12.9. The van der Waals surface area contributed by atoms with Gasteiger partial charge in [-0.2, -0.15) is 0 Å². The van der Waals surface area contributed by atoms with Crippen molar-refractivity contribution in [3.8, 4) is 0 Å². The number of hydrogen-bond acceptors (Lipinski definition) is 9. The van der Waals surface area contributed by atoms with Crippen LogP contribution in [0.4, 0.5) is 5.69 Å². The average molecular weight is 433 g/mol. The van der Waals surface area contributed by atoms with E-state index in [-0.39, 0.29) is 40.8 Å². The third kappa shape index (κ3) is 4.70. The molecule has 9 nitrogen and oxygen atoms in total. The highest BCUT2D eigenvalue weighted by molar-refractivity contribution is 8.13. The summed E-state index contributed by atoms with van der Waals surface area (Å²) in [6.45, 7) is 5.13. The van der Waals surface area contributed by atoms with Crippen molar-refractivity contribution in [1.82, 2.24) is 5.32 Å². The largest absolute Gasteiger partial charge is 0.463 e. The van der Waals surface area contributed by atoms with Crippen LogP contribution in [0.25, 0.3) is 0 Å². The van der Waals surface area contributed by atoms with Gasteiger partial charge in [-0.3, -0.25) is 15.5 Å². The SMILES string of the molecule is CCOC(=O)C1=C(C)NC(C(=N)SC)=C(C(=O)OCC)C1c1cccc([N+](=O)[O-])c1. The maximum Gasteiger partial charge on any atom is 0.337 e. The van der Waals surface area contributed by atoms with E-state index in [0.717, 1.165) is 11.8 Å². The van der Waals surface area contributed by atoms with Crippen LogP contribution >= 0.6 is 11.8 Å². The van der Waals surface area contributed by atoms with Gasteiger partial charge in [0.15, 0.2) is 0 Å². The Morgan fingerprint density at radius 2 is 1.80 bits per heavy atom. The molecule has 0 amide bonds. The van der Waals surface area contributed by atoms with E-state index in [1.165, 1.54) is 18.2 Å². The van der Waals surface area contributed by atoms with Crippen molar-refractivity contribution in [1.29, 1.82) is 5.41 Å². The number of rotatable bonds is 7. The van der Waals surface area contributed by atoms with Crippen LogP contribution in [-0.2, 0) is 19.1 Å². The summed E-state index contributed by atoms with van der Waals surface area (Å²) in [7, 11) is 0. The number of ether oxygens (including phenoxy) is 2. The van der Waals surface area contributed by atoms with Gasteiger partial charge in [0.1, 0.15) is 5.04 Å². The Labute approximate surface area is 178 Å². The number of nitrogens with one attached hydrogen (secondary N) is 2. The number of esters is 2. The molecule has 1 aliphatic rings. The Morgan fingerprint density at radius 1 is 1.20 bits per heavy atom. The molecule has 1 unspecified atom stereocenters. The van der Waals surface area contributed by atoms with Gasteiger partial charge in [-0.25, -0.2) is 9.59 Å². The Kier molecular flexibility index (Phi) is 7.76. The molecule has 1 aromatic rings. The van der Waals surface area contributed by atoms with Gasteiger partial charge in [0, 0.05) is 17.8 Å². The van der Waals surface area contributed by atoms with Crippen LogP contribution in [0.5, 0.6) is 0 Å². The minimum absolute atomic E-state index is 0.0327. The zero-order valence-electron chi connectivity index (χ0n) is 17.1. The Balaban J connectivity index is 2.82. The fourth-order valence-corrected chi connectivity index (χ4v) is 3.53. The Bertz CT molecular complexity index is 954. The number of allylic oxidation sites excluding steroid dienone is 1. The van der Waals surface area contributed by atoms with Crippen LogP contribution < -0.4 is 5.32 Å². The molecule has 0 radical (unpaired) electrons. The molecule has 160 valence electrons.